The van der Waals surface area contributed by atoms with Gasteiger partial charge in [-0.05, 0) is 18.2 Å². The van der Waals surface area contributed by atoms with Gasteiger partial charge in [0.05, 0.1) is 18.2 Å². The van der Waals surface area contributed by atoms with Crippen molar-refractivity contribution in [1.29, 1.82) is 5.26 Å². The predicted octanol–water partition coefficient (Wildman–Crippen LogP) is 2.40. The van der Waals surface area contributed by atoms with E-state index in [2.05, 4.69) is 11.2 Å². The van der Waals surface area contributed by atoms with Crippen molar-refractivity contribution in [3.05, 3.63) is 66.4 Å². The number of para-hydroxylation sites is 2. The number of aromatic nitrogens is 1. The van der Waals surface area contributed by atoms with Gasteiger partial charge in [0.1, 0.15) is 11.8 Å². The number of amides is 1. The minimum absolute atomic E-state index is 0.00921. The number of Topliss-reactive ketones (excluding diaryl/α,β-unsaturated/α-hetero) is 1. The Hall–Kier alpha value is -4.45. The Kier molecular flexibility index (Phi) is 6.17. The summed E-state index contributed by atoms with van der Waals surface area (Å²) in [4.78, 5) is 37.3. The van der Waals surface area contributed by atoms with Crippen molar-refractivity contribution >= 4 is 40.0 Å². The molecule has 0 bridgehead atoms. The van der Waals surface area contributed by atoms with Crippen LogP contribution in [0.2, 0.25) is 0 Å². The summed E-state index contributed by atoms with van der Waals surface area (Å²) in [7, 11) is 0. The van der Waals surface area contributed by atoms with E-state index in [9.17, 15) is 14.4 Å². The number of benzene rings is 2. The molecule has 1 aliphatic rings. The number of nitrogens with zero attached hydrogens (tertiary/aromatic N) is 4. The third kappa shape index (κ3) is 4.45. The molecule has 1 aromatic heterocycles. The molecule has 1 atom stereocenters. The summed E-state index contributed by atoms with van der Waals surface area (Å²) in [5, 5.41) is 15.2. The lowest BCUT2D eigenvalue weighted by atomic mass is 10.1. The molecule has 0 fully saturated rings. The van der Waals surface area contributed by atoms with E-state index >= 15 is 0 Å². The van der Waals surface area contributed by atoms with Crippen LogP contribution in [0.4, 0.5) is 5.69 Å². The monoisotopic (exact) mass is 443 g/mol. The van der Waals surface area contributed by atoms with Gasteiger partial charge >= 0.3 is 5.97 Å². The van der Waals surface area contributed by atoms with Crippen molar-refractivity contribution in [3.63, 3.8) is 0 Å². The van der Waals surface area contributed by atoms with Crippen LogP contribution in [-0.4, -0.2) is 40.6 Å². The van der Waals surface area contributed by atoms with Crippen LogP contribution < -0.4 is 10.7 Å². The molecule has 0 saturated heterocycles. The summed E-state index contributed by atoms with van der Waals surface area (Å²) < 4.78 is 7.07. The summed E-state index contributed by atoms with van der Waals surface area (Å²) >= 11 is 0. The molecular formula is C24H21N5O4. The lowest BCUT2D eigenvalue weighted by Gasteiger charge is -2.20. The van der Waals surface area contributed by atoms with Gasteiger partial charge in [-0.1, -0.05) is 36.4 Å². The Morgan fingerprint density at radius 2 is 1.85 bits per heavy atom. The number of carbonyl (C=O) groups is 3. The number of hydrogen-bond acceptors (Lipinski definition) is 7. The van der Waals surface area contributed by atoms with E-state index in [-0.39, 0.29) is 17.9 Å². The molecule has 2 aromatic carbocycles. The average molecular weight is 443 g/mol. The lowest BCUT2D eigenvalue weighted by Crippen LogP contribution is -2.39. The van der Waals surface area contributed by atoms with Crippen molar-refractivity contribution in [2.24, 2.45) is 10.8 Å². The van der Waals surface area contributed by atoms with Gasteiger partial charge in [-0.15, -0.1) is 0 Å². The molecule has 4 rings (SSSR count). The number of hydrazone groups is 1. The van der Waals surface area contributed by atoms with E-state index in [0.29, 0.717) is 24.2 Å². The van der Waals surface area contributed by atoms with Gasteiger partial charge in [-0.2, -0.15) is 10.4 Å². The van der Waals surface area contributed by atoms with Gasteiger partial charge in [-0.25, -0.2) is 4.79 Å². The summed E-state index contributed by atoms with van der Waals surface area (Å²) in [6, 6.07) is 17.5. The number of aryl methyl sites for hydroxylation is 1. The van der Waals surface area contributed by atoms with Gasteiger partial charge in [0.2, 0.25) is 11.7 Å². The highest BCUT2D eigenvalue weighted by atomic mass is 16.5. The maximum absolute atomic E-state index is 12.8. The van der Waals surface area contributed by atoms with Crippen molar-refractivity contribution in [3.8, 4) is 6.07 Å². The van der Waals surface area contributed by atoms with E-state index < -0.39 is 24.5 Å². The third-order valence-electron chi connectivity index (χ3n) is 5.38. The number of ketones is 1. The van der Waals surface area contributed by atoms with Crippen LogP contribution in [0, 0.1) is 11.3 Å². The second kappa shape index (κ2) is 9.36. The van der Waals surface area contributed by atoms with Crippen LogP contribution in [0.5, 0.6) is 0 Å². The summed E-state index contributed by atoms with van der Waals surface area (Å²) in [6.45, 7) is -0.0264. The standard InChI is InChI=1S/C24H21N5O4/c25-11-6-12-28-14-18(17-9-4-5-10-20(17)28)22(30)15-33-24(32)19-13-21(23(26)31)29(27-19)16-7-2-1-3-8-16/h1-5,7-10,14,21H,6,12-13,15H2,(H2,26,31). The molecule has 2 heterocycles. The summed E-state index contributed by atoms with van der Waals surface area (Å²) in [5.41, 5.74) is 7.36. The largest absolute Gasteiger partial charge is 0.453 e. The van der Waals surface area contributed by atoms with Crippen molar-refractivity contribution in [2.75, 3.05) is 11.6 Å². The molecule has 9 heteroatoms. The minimum Gasteiger partial charge on any atom is -0.453 e. The number of primary amides is 1. The topological polar surface area (TPSA) is 131 Å². The van der Waals surface area contributed by atoms with E-state index in [4.69, 9.17) is 15.7 Å². The maximum Gasteiger partial charge on any atom is 0.355 e. The normalized spacial score (nSPS) is 15.2. The number of ether oxygens (including phenoxy) is 1. The number of nitrogens with two attached hydrogens (primary N) is 1. The van der Waals surface area contributed by atoms with Gasteiger partial charge in [0, 0.05) is 35.6 Å². The molecule has 33 heavy (non-hydrogen) atoms. The van der Waals surface area contributed by atoms with Gasteiger partial charge in [-0.3, -0.25) is 14.6 Å². The predicted molar refractivity (Wildman–Crippen MR) is 121 cm³/mol. The fourth-order valence-corrected chi connectivity index (χ4v) is 3.79. The zero-order chi connectivity index (χ0) is 23.4. The maximum atomic E-state index is 12.8. The van der Waals surface area contributed by atoms with Crippen LogP contribution in [0.25, 0.3) is 10.9 Å². The quantitative estimate of drug-likeness (QED) is 0.420. The number of fused-ring (bicyclic) bond motifs is 1. The average Bonchev–Trinajstić information content (AvgIpc) is 3.44. The smallest absolute Gasteiger partial charge is 0.355 e. The number of rotatable bonds is 8. The zero-order valence-corrected chi connectivity index (χ0v) is 17.7. The van der Waals surface area contributed by atoms with E-state index in [1.165, 1.54) is 5.01 Å². The Balaban J connectivity index is 1.48. The molecule has 1 aliphatic heterocycles. The second-order valence-corrected chi connectivity index (χ2v) is 7.51. The van der Waals surface area contributed by atoms with E-state index in [1.54, 1.807) is 30.5 Å². The number of carbonyl (C=O) groups excluding carboxylic acids is 3. The van der Waals surface area contributed by atoms with Crippen LogP contribution in [0.3, 0.4) is 0 Å². The first-order valence-corrected chi connectivity index (χ1v) is 10.4. The Bertz CT molecular complexity index is 1290. The van der Waals surface area contributed by atoms with Gasteiger partial charge in [0.15, 0.2) is 6.61 Å². The van der Waals surface area contributed by atoms with Crippen molar-refractivity contribution in [2.45, 2.75) is 25.4 Å². The summed E-state index contributed by atoms with van der Waals surface area (Å²) in [5.74, 6) is -1.77. The molecule has 0 radical (unpaired) electrons. The van der Waals surface area contributed by atoms with Crippen LogP contribution in [0.1, 0.15) is 23.2 Å². The summed E-state index contributed by atoms with van der Waals surface area (Å²) in [6.07, 6.45) is 1.97. The number of anilines is 1. The lowest BCUT2D eigenvalue weighted by molar-refractivity contribution is -0.134. The minimum atomic E-state index is -0.816. The molecule has 0 saturated carbocycles. The third-order valence-corrected chi connectivity index (χ3v) is 5.38. The first-order chi connectivity index (χ1) is 16.0. The van der Waals surface area contributed by atoms with Crippen molar-refractivity contribution < 1.29 is 19.1 Å². The molecular weight excluding hydrogens is 422 g/mol. The highest BCUT2D eigenvalue weighted by molar-refractivity contribution is 6.38. The van der Waals surface area contributed by atoms with E-state index in [0.717, 1.165) is 10.9 Å². The van der Waals surface area contributed by atoms with Crippen LogP contribution in [0.15, 0.2) is 65.9 Å². The zero-order valence-electron chi connectivity index (χ0n) is 17.7. The molecule has 1 unspecified atom stereocenters. The molecule has 166 valence electrons. The van der Waals surface area contributed by atoms with Crippen LogP contribution in [-0.2, 0) is 20.9 Å². The van der Waals surface area contributed by atoms with Crippen molar-refractivity contribution in [1.82, 2.24) is 4.57 Å². The number of hydrogen-bond donors (Lipinski definition) is 1. The first kappa shape index (κ1) is 21.8. The SMILES string of the molecule is N#CCCn1cc(C(=O)COC(=O)C2=NN(c3ccccc3)C(C(N)=O)C2)c2ccccc21. The van der Waals surface area contributed by atoms with Gasteiger partial charge in [0.25, 0.3) is 0 Å². The van der Waals surface area contributed by atoms with Gasteiger partial charge < -0.3 is 15.0 Å². The Morgan fingerprint density at radius 1 is 1.12 bits per heavy atom. The van der Waals surface area contributed by atoms with E-state index in [1.807, 2.05) is 34.9 Å². The molecule has 2 N–H and O–H groups in total. The highest BCUT2D eigenvalue weighted by Crippen LogP contribution is 2.25. The molecule has 9 nitrogen and oxygen atoms in total. The first-order valence-electron chi connectivity index (χ1n) is 10.4. The van der Waals surface area contributed by atoms with Crippen LogP contribution >= 0.6 is 0 Å². The molecule has 0 spiro atoms. The number of nitriles is 1. The fourth-order valence-electron chi connectivity index (χ4n) is 3.79. The molecule has 1 amide bonds. The highest BCUT2D eigenvalue weighted by Gasteiger charge is 2.35. The Morgan fingerprint density at radius 3 is 2.58 bits per heavy atom. The molecule has 3 aromatic rings. The molecule has 0 aliphatic carbocycles. The second-order valence-electron chi connectivity index (χ2n) is 7.51. The number of esters is 1. The fraction of sp³-hybridized carbons (Fsp3) is 0.208. The Labute approximate surface area is 189 Å².